The van der Waals surface area contributed by atoms with Crippen molar-refractivity contribution in [1.29, 1.82) is 0 Å². The number of fused-ring (bicyclic) bond motifs is 1. The number of morpholine rings is 1. The van der Waals surface area contributed by atoms with Crippen LogP contribution >= 0.6 is 0 Å². The molecule has 3 aromatic rings. The number of carbonyl (C=O) groups excluding carboxylic acids is 1. The number of nitrogen functional groups attached to an aromatic ring is 1. The molecular weight excluding hydrogens is 360 g/mol. The van der Waals surface area contributed by atoms with Crippen molar-refractivity contribution in [3.8, 4) is 11.4 Å². The third-order valence-corrected chi connectivity index (χ3v) is 5.10. The number of aromatic hydroxyl groups is 1. The van der Waals surface area contributed by atoms with Gasteiger partial charge in [0.05, 0.1) is 25.1 Å². The van der Waals surface area contributed by atoms with Crippen LogP contribution in [0.3, 0.4) is 0 Å². The number of amides is 1. The molecule has 0 bridgehead atoms. The zero-order chi connectivity index (χ0) is 20.0. The van der Waals surface area contributed by atoms with Crippen LogP contribution in [0.4, 0.5) is 11.6 Å². The summed E-state index contributed by atoms with van der Waals surface area (Å²) in [5, 5.41) is 10.2. The van der Waals surface area contributed by atoms with Crippen LogP contribution in [0.5, 0.6) is 5.75 Å². The number of carbonyl (C=O) groups is 1. The highest BCUT2D eigenvalue weighted by atomic mass is 16.5. The van der Waals surface area contributed by atoms with Crippen LogP contribution in [-0.2, 0) is 4.74 Å². The van der Waals surface area contributed by atoms with Crippen molar-refractivity contribution in [1.82, 2.24) is 14.5 Å². The van der Waals surface area contributed by atoms with Gasteiger partial charge in [0.1, 0.15) is 28.5 Å². The van der Waals surface area contributed by atoms with Gasteiger partial charge in [-0.15, -0.1) is 0 Å². The maximum Gasteiger partial charge on any atom is 0.254 e. The molecule has 0 atom stereocenters. The number of rotatable bonds is 3. The Labute approximate surface area is 161 Å². The Hall–Kier alpha value is -3.33. The van der Waals surface area contributed by atoms with Crippen LogP contribution in [0, 0.1) is 13.8 Å². The largest absolute Gasteiger partial charge is 0.508 e. The van der Waals surface area contributed by atoms with Gasteiger partial charge in [-0.05, 0) is 25.5 Å². The van der Waals surface area contributed by atoms with Crippen LogP contribution in [-0.4, -0.2) is 51.9 Å². The van der Waals surface area contributed by atoms with E-state index in [0.29, 0.717) is 54.5 Å². The Morgan fingerprint density at radius 2 is 1.96 bits per heavy atom. The highest BCUT2D eigenvalue weighted by molar-refractivity contribution is 6.09. The zero-order valence-corrected chi connectivity index (χ0v) is 15.8. The fourth-order valence-electron chi connectivity index (χ4n) is 3.64. The molecule has 0 spiro atoms. The summed E-state index contributed by atoms with van der Waals surface area (Å²) in [4.78, 5) is 23.4. The number of phenolic OH excluding ortho intramolecular Hbond substituents is 1. The van der Waals surface area contributed by atoms with Crippen molar-refractivity contribution >= 4 is 28.7 Å². The van der Waals surface area contributed by atoms with Crippen molar-refractivity contribution in [2.24, 2.45) is 5.73 Å². The van der Waals surface area contributed by atoms with Gasteiger partial charge in [-0.3, -0.25) is 9.36 Å². The Bertz CT molecular complexity index is 1090. The Balaban J connectivity index is 2.00. The summed E-state index contributed by atoms with van der Waals surface area (Å²) in [6.45, 7) is 6.26. The number of nitrogens with two attached hydrogens (primary N) is 2. The van der Waals surface area contributed by atoms with E-state index in [1.165, 1.54) is 0 Å². The molecule has 1 aliphatic heterocycles. The molecule has 0 radical (unpaired) electrons. The number of benzene rings is 1. The highest BCUT2D eigenvalue weighted by Crippen LogP contribution is 2.35. The molecule has 2 aromatic heterocycles. The molecule has 9 nitrogen and oxygen atoms in total. The average Bonchev–Trinajstić information content (AvgIpc) is 2.97. The van der Waals surface area contributed by atoms with Crippen molar-refractivity contribution in [3.05, 3.63) is 35.0 Å². The lowest BCUT2D eigenvalue weighted by Gasteiger charge is -2.27. The van der Waals surface area contributed by atoms with E-state index in [9.17, 15) is 9.90 Å². The van der Waals surface area contributed by atoms with Crippen LogP contribution in [0.25, 0.3) is 16.9 Å². The molecule has 1 amide bonds. The first kappa shape index (κ1) is 18.1. The molecule has 1 aliphatic rings. The molecule has 0 unspecified atom stereocenters. The average molecular weight is 382 g/mol. The molecule has 1 aromatic carbocycles. The highest BCUT2D eigenvalue weighted by Gasteiger charge is 2.26. The van der Waals surface area contributed by atoms with Gasteiger partial charge in [0.2, 0.25) is 0 Å². The van der Waals surface area contributed by atoms with Gasteiger partial charge in [0, 0.05) is 18.7 Å². The van der Waals surface area contributed by atoms with Gasteiger partial charge in [-0.25, -0.2) is 9.97 Å². The second-order valence-electron chi connectivity index (χ2n) is 6.83. The monoisotopic (exact) mass is 382 g/mol. The summed E-state index contributed by atoms with van der Waals surface area (Å²) in [7, 11) is 0. The number of ether oxygens (including phenoxy) is 1. The van der Waals surface area contributed by atoms with Crippen molar-refractivity contribution < 1.29 is 14.6 Å². The predicted octanol–water partition coefficient (Wildman–Crippen LogP) is 1.26. The normalized spacial score (nSPS) is 14.6. The summed E-state index contributed by atoms with van der Waals surface area (Å²) in [6.07, 6.45) is 1.65. The molecule has 4 rings (SSSR count). The Morgan fingerprint density at radius 3 is 2.64 bits per heavy atom. The van der Waals surface area contributed by atoms with Gasteiger partial charge in [-0.1, -0.05) is 6.07 Å². The van der Waals surface area contributed by atoms with Gasteiger partial charge in [0.15, 0.2) is 5.65 Å². The third-order valence-electron chi connectivity index (χ3n) is 5.10. The van der Waals surface area contributed by atoms with Crippen molar-refractivity contribution in [3.63, 3.8) is 0 Å². The maximum atomic E-state index is 12.2. The molecule has 5 N–H and O–H groups in total. The van der Waals surface area contributed by atoms with E-state index in [2.05, 4.69) is 9.97 Å². The topological polar surface area (TPSA) is 133 Å². The van der Waals surface area contributed by atoms with E-state index in [1.807, 2.05) is 11.8 Å². The lowest BCUT2D eigenvalue weighted by Crippen LogP contribution is -2.36. The fourth-order valence-corrected chi connectivity index (χ4v) is 3.64. The van der Waals surface area contributed by atoms with E-state index in [1.54, 1.807) is 29.8 Å². The van der Waals surface area contributed by atoms with E-state index in [4.69, 9.17) is 16.2 Å². The summed E-state index contributed by atoms with van der Waals surface area (Å²) in [5.74, 6) is 0.240. The van der Waals surface area contributed by atoms with Crippen LogP contribution in [0.15, 0.2) is 18.3 Å². The number of phenols is 1. The number of hydrogen-bond donors (Lipinski definition) is 3. The predicted molar refractivity (Wildman–Crippen MR) is 106 cm³/mol. The maximum absolute atomic E-state index is 12.2. The minimum Gasteiger partial charge on any atom is -0.508 e. The summed E-state index contributed by atoms with van der Waals surface area (Å²) in [6, 6.07) is 3.40. The number of primary amides is 1. The van der Waals surface area contributed by atoms with Crippen molar-refractivity contribution in [2.75, 3.05) is 36.9 Å². The number of anilines is 2. The standard InChI is InChI=1S/C19H22N6O3/c1-10-3-4-12(26)11(2)16(10)25-17(20)14(18(21)27)15-19(25)22-9-13(23-15)24-5-7-28-8-6-24/h3-4,9,26H,5-8,20H2,1-2H3,(H2,21,27). The van der Waals surface area contributed by atoms with Crippen LogP contribution < -0.4 is 16.4 Å². The fraction of sp³-hybridized carbons (Fsp3) is 0.316. The summed E-state index contributed by atoms with van der Waals surface area (Å²) in [5.41, 5.74) is 15.0. The Morgan fingerprint density at radius 1 is 1.25 bits per heavy atom. The zero-order valence-electron chi connectivity index (χ0n) is 15.8. The molecule has 0 saturated carbocycles. The quantitative estimate of drug-likeness (QED) is 0.621. The Kier molecular flexibility index (Phi) is 4.31. The van der Waals surface area contributed by atoms with Gasteiger partial charge >= 0.3 is 0 Å². The van der Waals surface area contributed by atoms with Gasteiger partial charge < -0.3 is 26.2 Å². The molecule has 9 heteroatoms. The molecule has 1 fully saturated rings. The lowest BCUT2D eigenvalue weighted by molar-refractivity contribution is 0.100. The second kappa shape index (κ2) is 6.68. The molecule has 3 heterocycles. The van der Waals surface area contributed by atoms with E-state index in [-0.39, 0.29) is 17.1 Å². The number of aromatic nitrogens is 3. The summed E-state index contributed by atoms with van der Waals surface area (Å²) >= 11 is 0. The molecule has 28 heavy (non-hydrogen) atoms. The van der Waals surface area contributed by atoms with Crippen LogP contribution in [0.2, 0.25) is 0 Å². The SMILES string of the molecule is Cc1ccc(O)c(C)c1-n1c(N)c(C(N)=O)c2nc(N3CCOCC3)cnc21. The minimum atomic E-state index is -0.676. The number of nitrogens with zero attached hydrogens (tertiary/aromatic N) is 4. The lowest BCUT2D eigenvalue weighted by atomic mass is 10.1. The smallest absolute Gasteiger partial charge is 0.254 e. The first-order chi connectivity index (χ1) is 13.4. The van der Waals surface area contributed by atoms with Crippen LogP contribution in [0.1, 0.15) is 21.5 Å². The summed E-state index contributed by atoms with van der Waals surface area (Å²) < 4.78 is 7.01. The molecule has 1 saturated heterocycles. The first-order valence-corrected chi connectivity index (χ1v) is 8.99. The minimum absolute atomic E-state index is 0.125. The first-order valence-electron chi connectivity index (χ1n) is 8.99. The molecule has 146 valence electrons. The second-order valence-corrected chi connectivity index (χ2v) is 6.83. The van der Waals surface area contributed by atoms with E-state index in [0.717, 1.165) is 5.56 Å². The molecule has 0 aliphatic carbocycles. The third kappa shape index (κ3) is 2.71. The van der Waals surface area contributed by atoms with Crippen molar-refractivity contribution in [2.45, 2.75) is 13.8 Å². The molecular formula is C19H22N6O3. The number of hydrogen-bond acceptors (Lipinski definition) is 7. The number of aryl methyl sites for hydroxylation is 1. The van der Waals surface area contributed by atoms with Gasteiger partial charge in [-0.2, -0.15) is 0 Å². The van der Waals surface area contributed by atoms with E-state index < -0.39 is 5.91 Å². The van der Waals surface area contributed by atoms with E-state index >= 15 is 0 Å². The van der Waals surface area contributed by atoms with Gasteiger partial charge in [0.25, 0.3) is 5.91 Å².